The number of hydrogen-bond donors (Lipinski definition) is 1. The largest absolute Gasteiger partial charge is 0.444 e. The summed E-state index contributed by atoms with van der Waals surface area (Å²) in [5, 5.41) is 5.76. The highest BCUT2D eigenvalue weighted by Gasteiger charge is 2.27. The molecule has 0 bridgehead atoms. The van der Waals surface area contributed by atoms with Crippen molar-refractivity contribution >= 4 is 17.9 Å². The number of nitrogens with zero attached hydrogens (tertiary/aromatic N) is 2. The number of carbonyl (C=O) groups excluding carboxylic acids is 1. The zero-order valence-corrected chi connectivity index (χ0v) is 18.3. The van der Waals surface area contributed by atoms with Gasteiger partial charge in [0.05, 0.1) is 0 Å². The van der Waals surface area contributed by atoms with Crippen molar-refractivity contribution in [1.82, 2.24) is 15.1 Å². The lowest BCUT2D eigenvalue weighted by Gasteiger charge is -2.35. The van der Waals surface area contributed by atoms with Crippen LogP contribution in [-0.4, -0.2) is 54.2 Å². The van der Waals surface area contributed by atoms with Crippen LogP contribution < -0.4 is 5.32 Å². The minimum absolute atomic E-state index is 0.133. The molecule has 28 heavy (non-hydrogen) atoms. The van der Waals surface area contributed by atoms with Gasteiger partial charge in [0.25, 0.3) is 0 Å². The third kappa shape index (κ3) is 6.71. The van der Waals surface area contributed by atoms with Gasteiger partial charge in [0, 0.05) is 38.4 Å². The zero-order valence-electron chi connectivity index (χ0n) is 17.5. The molecule has 1 atom stereocenters. The van der Waals surface area contributed by atoms with E-state index < -0.39 is 5.60 Å². The molecule has 1 unspecified atom stereocenters. The van der Waals surface area contributed by atoms with Crippen molar-refractivity contribution in [2.24, 2.45) is 0 Å². The second kappa shape index (κ2) is 10.2. The first-order valence-electron chi connectivity index (χ1n) is 9.87. The highest BCUT2D eigenvalue weighted by atomic mass is 32.2. The van der Waals surface area contributed by atoms with E-state index in [0.29, 0.717) is 13.1 Å². The molecule has 2 heterocycles. The highest BCUT2D eigenvalue weighted by Crippen LogP contribution is 2.34. The molecule has 1 aromatic rings. The number of rotatable bonds is 3. The Bertz CT molecular complexity index is 665. The summed E-state index contributed by atoms with van der Waals surface area (Å²) in [6, 6.07) is 6.61. The zero-order chi connectivity index (χ0) is 20.7. The summed E-state index contributed by atoms with van der Waals surface area (Å²) in [7, 11) is 0. The summed E-state index contributed by atoms with van der Waals surface area (Å²) >= 11 is 1.70. The molecule has 2 aliphatic heterocycles. The average molecular weight is 410 g/mol. The molecule has 0 saturated carbocycles. The van der Waals surface area contributed by atoms with Gasteiger partial charge in [0.1, 0.15) is 16.8 Å². The fraction of sp³-hybridized carbons (Fsp3) is 0.571. The lowest BCUT2D eigenvalue weighted by molar-refractivity contribution is 0.0151. The van der Waals surface area contributed by atoms with Crippen molar-refractivity contribution in [2.75, 3.05) is 32.7 Å². The number of nitrogens with one attached hydrogen (secondary N) is 1. The minimum Gasteiger partial charge on any atom is -0.444 e. The van der Waals surface area contributed by atoms with E-state index in [1.54, 1.807) is 16.7 Å². The van der Waals surface area contributed by atoms with Crippen molar-refractivity contribution in [2.45, 2.75) is 45.6 Å². The van der Waals surface area contributed by atoms with E-state index in [-0.39, 0.29) is 17.3 Å². The molecule has 1 amide bonds. The van der Waals surface area contributed by atoms with Crippen LogP contribution in [0.25, 0.3) is 0 Å². The van der Waals surface area contributed by atoms with Gasteiger partial charge in [-0.25, -0.2) is 9.18 Å². The Hall–Kier alpha value is -1.73. The van der Waals surface area contributed by atoms with E-state index >= 15 is 0 Å². The summed E-state index contributed by atoms with van der Waals surface area (Å²) in [5.41, 5.74) is 1.77. The number of carbonyl (C=O) groups is 1. The molecule has 1 N–H and O–H groups in total. The van der Waals surface area contributed by atoms with Gasteiger partial charge in [-0.3, -0.25) is 4.90 Å². The summed E-state index contributed by atoms with van der Waals surface area (Å²) in [6.07, 6.45) is -0.234. The molecule has 3 rings (SSSR count). The fourth-order valence-corrected chi connectivity index (χ4v) is 3.90. The highest BCUT2D eigenvalue weighted by molar-refractivity contribution is 8.02. The lowest BCUT2D eigenvalue weighted by atomic mass is 10.2. The Kier molecular flexibility index (Phi) is 8.19. The third-order valence-corrected chi connectivity index (χ3v) is 5.34. The molecule has 7 heteroatoms. The number of benzene rings is 1. The third-order valence-electron chi connectivity index (χ3n) is 4.25. The predicted octanol–water partition coefficient (Wildman–Crippen LogP) is 4.58. The quantitative estimate of drug-likeness (QED) is 0.792. The van der Waals surface area contributed by atoms with Crippen molar-refractivity contribution in [3.63, 3.8) is 0 Å². The Morgan fingerprint density at radius 2 is 1.79 bits per heavy atom. The molecular formula is C21H32FN3O2S. The average Bonchev–Trinajstić information content (AvgIpc) is 3.11. The molecule has 1 saturated heterocycles. The number of halogens is 1. The first-order valence-corrected chi connectivity index (χ1v) is 10.8. The van der Waals surface area contributed by atoms with Gasteiger partial charge < -0.3 is 15.0 Å². The first-order chi connectivity index (χ1) is 13.3. The van der Waals surface area contributed by atoms with E-state index in [1.807, 2.05) is 46.8 Å². The molecule has 0 aromatic heterocycles. The molecule has 1 aromatic carbocycles. The van der Waals surface area contributed by atoms with Gasteiger partial charge >= 0.3 is 6.09 Å². The van der Waals surface area contributed by atoms with Crippen LogP contribution in [0.2, 0.25) is 0 Å². The smallest absolute Gasteiger partial charge is 0.410 e. The van der Waals surface area contributed by atoms with Crippen LogP contribution in [0, 0.1) is 5.82 Å². The van der Waals surface area contributed by atoms with Crippen LogP contribution in [-0.2, 0) is 4.74 Å². The summed E-state index contributed by atoms with van der Waals surface area (Å²) < 4.78 is 18.5. The molecule has 156 valence electrons. The molecule has 0 aliphatic carbocycles. The van der Waals surface area contributed by atoms with E-state index in [4.69, 9.17) is 4.74 Å². The minimum atomic E-state index is -0.459. The second-order valence-electron chi connectivity index (χ2n) is 7.60. The topological polar surface area (TPSA) is 44.8 Å². The Morgan fingerprint density at radius 3 is 2.36 bits per heavy atom. The van der Waals surface area contributed by atoms with Gasteiger partial charge in [0.2, 0.25) is 0 Å². The van der Waals surface area contributed by atoms with E-state index in [1.165, 1.54) is 12.1 Å². The van der Waals surface area contributed by atoms with Gasteiger partial charge in [-0.1, -0.05) is 26.0 Å². The molecule has 0 radical (unpaired) electrons. The number of hydrogen-bond acceptors (Lipinski definition) is 5. The number of piperazine rings is 1. The van der Waals surface area contributed by atoms with Gasteiger partial charge in [0.15, 0.2) is 0 Å². The monoisotopic (exact) mass is 409 g/mol. The van der Waals surface area contributed by atoms with E-state index in [2.05, 4.69) is 15.6 Å². The SMILES string of the molecule is CC.CC(C)(C)OC(=O)N1CCN(CC2=CSC(c3ccc(F)cc3)N2)CC1. The lowest BCUT2D eigenvalue weighted by Crippen LogP contribution is -2.50. The van der Waals surface area contributed by atoms with Crippen LogP contribution in [0.1, 0.15) is 45.6 Å². The molecule has 2 aliphatic rings. The van der Waals surface area contributed by atoms with E-state index in [0.717, 1.165) is 30.9 Å². The van der Waals surface area contributed by atoms with Gasteiger partial charge in [-0.15, -0.1) is 11.8 Å². The molecule has 5 nitrogen and oxygen atoms in total. The number of ether oxygens (including phenoxy) is 1. The van der Waals surface area contributed by atoms with Crippen molar-refractivity contribution in [3.05, 3.63) is 46.8 Å². The van der Waals surface area contributed by atoms with Crippen LogP contribution in [0.5, 0.6) is 0 Å². The Labute approximate surface area is 172 Å². The summed E-state index contributed by atoms with van der Waals surface area (Å²) in [5.74, 6) is -0.215. The molecule has 1 fully saturated rings. The molecular weight excluding hydrogens is 377 g/mol. The maximum absolute atomic E-state index is 13.1. The Balaban J connectivity index is 0.00000136. The van der Waals surface area contributed by atoms with Crippen LogP contribution in [0.15, 0.2) is 35.4 Å². The standard InChI is InChI=1S/C19H26FN3O2S.C2H6/c1-19(2,3)25-18(24)23-10-8-22(9-11-23)12-16-13-26-17(21-16)14-4-6-15(20)7-5-14;1-2/h4-7,13,17,21H,8-12H2,1-3H3;1-2H3. The predicted molar refractivity (Wildman–Crippen MR) is 114 cm³/mol. The first kappa shape index (κ1) is 22.6. The van der Waals surface area contributed by atoms with Crippen molar-refractivity contribution < 1.29 is 13.9 Å². The van der Waals surface area contributed by atoms with Crippen LogP contribution in [0.4, 0.5) is 9.18 Å². The fourth-order valence-electron chi connectivity index (χ4n) is 2.92. The normalized spacial score (nSPS) is 20.0. The van der Waals surface area contributed by atoms with Crippen molar-refractivity contribution in [1.29, 1.82) is 0 Å². The van der Waals surface area contributed by atoms with Gasteiger partial charge in [-0.05, 0) is 43.9 Å². The Morgan fingerprint density at radius 1 is 1.18 bits per heavy atom. The van der Waals surface area contributed by atoms with Crippen LogP contribution >= 0.6 is 11.8 Å². The van der Waals surface area contributed by atoms with Crippen molar-refractivity contribution in [3.8, 4) is 0 Å². The molecule has 0 spiro atoms. The second-order valence-corrected chi connectivity index (χ2v) is 8.58. The maximum Gasteiger partial charge on any atom is 0.410 e. The summed E-state index contributed by atoms with van der Waals surface area (Å²) in [6.45, 7) is 13.5. The van der Waals surface area contributed by atoms with E-state index in [9.17, 15) is 9.18 Å². The number of thioether (sulfide) groups is 1. The van der Waals surface area contributed by atoms with Crippen LogP contribution in [0.3, 0.4) is 0 Å². The maximum atomic E-state index is 13.1. The van der Waals surface area contributed by atoms with Gasteiger partial charge in [-0.2, -0.15) is 0 Å². The number of amides is 1. The summed E-state index contributed by atoms with van der Waals surface area (Å²) in [4.78, 5) is 16.2.